The SMILES string of the molecule is N#Cc1c(COC(=O)CCC(=O)c2ccc3c(c2)OCCO3)cn2ccccc12. The summed E-state index contributed by atoms with van der Waals surface area (Å²) in [6.45, 7) is 0.912. The molecule has 0 saturated carbocycles. The Morgan fingerprint density at radius 2 is 1.93 bits per heavy atom. The van der Waals surface area contributed by atoms with Crippen molar-refractivity contribution >= 4 is 17.3 Å². The lowest BCUT2D eigenvalue weighted by Gasteiger charge is -2.18. The highest BCUT2D eigenvalue weighted by atomic mass is 16.6. The van der Waals surface area contributed by atoms with Crippen LogP contribution in [0.15, 0.2) is 48.8 Å². The van der Waals surface area contributed by atoms with E-state index >= 15 is 0 Å². The summed E-state index contributed by atoms with van der Waals surface area (Å²) in [6, 6.07) is 12.7. The smallest absolute Gasteiger partial charge is 0.306 e. The lowest BCUT2D eigenvalue weighted by atomic mass is 10.1. The van der Waals surface area contributed by atoms with E-state index < -0.39 is 5.97 Å². The largest absolute Gasteiger partial charge is 0.486 e. The van der Waals surface area contributed by atoms with E-state index in [1.165, 1.54) is 0 Å². The summed E-state index contributed by atoms with van der Waals surface area (Å²) in [5.74, 6) is 0.483. The van der Waals surface area contributed by atoms with Crippen molar-refractivity contribution in [2.24, 2.45) is 0 Å². The first-order chi connectivity index (χ1) is 14.2. The van der Waals surface area contributed by atoms with E-state index in [4.69, 9.17) is 14.2 Å². The Morgan fingerprint density at radius 1 is 1.10 bits per heavy atom. The molecule has 7 heteroatoms. The second kappa shape index (κ2) is 8.07. The number of carbonyl (C=O) groups is 2. The number of ketones is 1. The Labute approximate surface area is 167 Å². The van der Waals surface area contributed by atoms with Crippen molar-refractivity contribution < 1.29 is 23.8 Å². The van der Waals surface area contributed by atoms with Crippen molar-refractivity contribution in [3.05, 3.63) is 65.5 Å². The predicted molar refractivity (Wildman–Crippen MR) is 103 cm³/mol. The molecule has 7 nitrogen and oxygen atoms in total. The van der Waals surface area contributed by atoms with Crippen LogP contribution in [0.1, 0.15) is 34.3 Å². The molecule has 0 amide bonds. The third-order valence-electron chi connectivity index (χ3n) is 4.68. The van der Waals surface area contributed by atoms with Crippen LogP contribution < -0.4 is 9.47 Å². The van der Waals surface area contributed by atoms with Gasteiger partial charge in [0.15, 0.2) is 17.3 Å². The fraction of sp³-hybridized carbons (Fsp3) is 0.227. The van der Waals surface area contributed by atoms with Gasteiger partial charge in [-0.3, -0.25) is 9.59 Å². The molecular weight excluding hydrogens is 372 g/mol. The second-order valence-corrected chi connectivity index (χ2v) is 6.58. The molecule has 1 aliphatic rings. The van der Waals surface area contributed by atoms with Crippen LogP contribution in [-0.4, -0.2) is 29.4 Å². The second-order valence-electron chi connectivity index (χ2n) is 6.58. The third kappa shape index (κ3) is 3.92. The fourth-order valence-electron chi connectivity index (χ4n) is 3.22. The molecule has 3 aromatic rings. The van der Waals surface area contributed by atoms with Gasteiger partial charge in [0.2, 0.25) is 0 Å². The number of nitriles is 1. The maximum absolute atomic E-state index is 12.4. The zero-order valence-corrected chi connectivity index (χ0v) is 15.6. The zero-order chi connectivity index (χ0) is 20.2. The first-order valence-electron chi connectivity index (χ1n) is 9.23. The molecule has 1 aliphatic heterocycles. The van der Waals surface area contributed by atoms with Crippen molar-refractivity contribution in [1.29, 1.82) is 5.26 Å². The molecule has 146 valence electrons. The zero-order valence-electron chi connectivity index (χ0n) is 15.6. The molecule has 1 aromatic carbocycles. The maximum Gasteiger partial charge on any atom is 0.306 e. The average molecular weight is 390 g/mol. The number of fused-ring (bicyclic) bond motifs is 2. The van der Waals surface area contributed by atoms with Gasteiger partial charge in [0.05, 0.1) is 17.5 Å². The molecule has 0 radical (unpaired) electrons. The van der Waals surface area contributed by atoms with E-state index in [9.17, 15) is 14.9 Å². The van der Waals surface area contributed by atoms with Crippen molar-refractivity contribution in [3.63, 3.8) is 0 Å². The van der Waals surface area contributed by atoms with Crippen LogP contribution in [0.2, 0.25) is 0 Å². The van der Waals surface area contributed by atoms with Crippen LogP contribution in [0.5, 0.6) is 11.5 Å². The van der Waals surface area contributed by atoms with Crippen LogP contribution in [0.3, 0.4) is 0 Å². The summed E-state index contributed by atoms with van der Waals surface area (Å²) in [4.78, 5) is 24.5. The van der Waals surface area contributed by atoms with Gasteiger partial charge in [0.25, 0.3) is 0 Å². The number of hydrogen-bond donors (Lipinski definition) is 0. The number of ether oxygens (including phenoxy) is 3. The van der Waals surface area contributed by atoms with E-state index in [2.05, 4.69) is 6.07 Å². The standard InChI is InChI=1S/C22H18N2O5/c23-12-17-16(13-24-8-2-1-3-18(17)24)14-29-22(26)7-5-19(25)15-4-6-20-21(11-15)28-10-9-27-20/h1-4,6,8,11,13H,5,7,9-10,14H2. The molecule has 29 heavy (non-hydrogen) atoms. The number of carbonyl (C=O) groups excluding carboxylic acids is 2. The van der Waals surface area contributed by atoms with Gasteiger partial charge in [0.1, 0.15) is 25.9 Å². The first-order valence-corrected chi connectivity index (χ1v) is 9.23. The van der Waals surface area contributed by atoms with Gasteiger partial charge in [-0.25, -0.2) is 0 Å². The normalized spacial score (nSPS) is 12.4. The van der Waals surface area contributed by atoms with Crippen molar-refractivity contribution in [1.82, 2.24) is 4.40 Å². The molecule has 0 N–H and O–H groups in total. The minimum absolute atomic E-state index is 0.0123. The van der Waals surface area contributed by atoms with E-state index in [0.717, 1.165) is 5.52 Å². The quantitative estimate of drug-likeness (QED) is 0.474. The molecule has 0 fully saturated rings. The summed E-state index contributed by atoms with van der Waals surface area (Å²) in [5, 5.41) is 9.39. The van der Waals surface area contributed by atoms with Crippen LogP contribution in [0, 0.1) is 11.3 Å². The molecule has 0 saturated heterocycles. The molecule has 4 rings (SSSR count). The summed E-state index contributed by atoms with van der Waals surface area (Å²) in [5.41, 5.74) is 2.33. The molecule has 3 heterocycles. The number of aromatic nitrogens is 1. The highest BCUT2D eigenvalue weighted by Crippen LogP contribution is 2.31. The number of hydrogen-bond acceptors (Lipinski definition) is 6. The minimum atomic E-state index is -0.491. The lowest BCUT2D eigenvalue weighted by Crippen LogP contribution is -2.16. The van der Waals surface area contributed by atoms with Gasteiger partial charge in [-0.15, -0.1) is 0 Å². The summed E-state index contributed by atoms with van der Waals surface area (Å²) in [6.07, 6.45) is 3.58. The maximum atomic E-state index is 12.4. The fourth-order valence-corrected chi connectivity index (χ4v) is 3.22. The minimum Gasteiger partial charge on any atom is -0.486 e. The van der Waals surface area contributed by atoms with Crippen LogP contribution in [0.4, 0.5) is 0 Å². The van der Waals surface area contributed by atoms with Crippen LogP contribution >= 0.6 is 0 Å². The van der Waals surface area contributed by atoms with Crippen LogP contribution in [0.25, 0.3) is 5.52 Å². The third-order valence-corrected chi connectivity index (χ3v) is 4.68. The average Bonchev–Trinajstić information content (AvgIpc) is 3.13. The Bertz CT molecular complexity index is 1130. The number of rotatable bonds is 6. The van der Waals surface area contributed by atoms with E-state index in [0.29, 0.717) is 41.4 Å². The summed E-state index contributed by atoms with van der Waals surface area (Å²) >= 11 is 0. The first kappa shape index (κ1) is 18.6. The Hall–Kier alpha value is -3.79. The van der Waals surface area contributed by atoms with E-state index in [1.807, 2.05) is 28.8 Å². The topological polar surface area (TPSA) is 90.0 Å². The van der Waals surface area contributed by atoms with Crippen molar-refractivity contribution in [3.8, 4) is 17.6 Å². The van der Waals surface area contributed by atoms with Crippen molar-refractivity contribution in [2.45, 2.75) is 19.4 Å². The molecule has 0 spiro atoms. The van der Waals surface area contributed by atoms with Crippen molar-refractivity contribution in [2.75, 3.05) is 13.2 Å². The summed E-state index contributed by atoms with van der Waals surface area (Å²) < 4.78 is 18.0. The number of Topliss-reactive ketones (excluding diaryl/α,β-unsaturated/α-hetero) is 1. The molecule has 0 unspecified atom stereocenters. The number of esters is 1. The Balaban J connectivity index is 1.34. The van der Waals surface area contributed by atoms with Crippen LogP contribution in [-0.2, 0) is 16.1 Å². The number of benzene rings is 1. The van der Waals surface area contributed by atoms with Gasteiger partial charge in [-0.05, 0) is 30.3 Å². The molecule has 0 aliphatic carbocycles. The Kier molecular flexibility index (Phi) is 5.16. The van der Waals surface area contributed by atoms with Gasteiger partial charge in [-0.1, -0.05) is 6.07 Å². The Morgan fingerprint density at radius 3 is 2.76 bits per heavy atom. The molecule has 0 atom stereocenters. The van der Waals surface area contributed by atoms with E-state index in [1.54, 1.807) is 24.4 Å². The van der Waals surface area contributed by atoms with Gasteiger partial charge in [0, 0.05) is 29.9 Å². The predicted octanol–water partition coefficient (Wildman–Crippen LogP) is 3.29. The number of pyridine rings is 1. The van der Waals surface area contributed by atoms with E-state index in [-0.39, 0.29) is 25.2 Å². The van der Waals surface area contributed by atoms with Gasteiger partial charge in [-0.2, -0.15) is 5.26 Å². The highest BCUT2D eigenvalue weighted by molar-refractivity contribution is 5.98. The molecular formula is C22H18N2O5. The number of nitrogens with zero attached hydrogens (tertiary/aromatic N) is 2. The molecule has 0 bridgehead atoms. The summed E-state index contributed by atoms with van der Waals surface area (Å²) in [7, 11) is 0. The van der Waals surface area contributed by atoms with Gasteiger partial charge < -0.3 is 18.6 Å². The van der Waals surface area contributed by atoms with Gasteiger partial charge >= 0.3 is 5.97 Å². The lowest BCUT2D eigenvalue weighted by molar-refractivity contribution is -0.144. The monoisotopic (exact) mass is 390 g/mol. The molecule has 2 aromatic heterocycles. The highest BCUT2D eigenvalue weighted by Gasteiger charge is 2.17.